The Kier molecular flexibility index (Phi) is 3.74. The average molecular weight is 309 g/mol. The van der Waals surface area contributed by atoms with Crippen molar-refractivity contribution in [3.63, 3.8) is 0 Å². The summed E-state index contributed by atoms with van der Waals surface area (Å²) in [5.41, 5.74) is 0.785. The second-order valence-corrected chi connectivity index (χ2v) is 3.91. The summed E-state index contributed by atoms with van der Waals surface area (Å²) in [6.07, 6.45) is 2.59. The lowest BCUT2D eigenvalue weighted by Gasteiger charge is -1.96. The molecular weight excluding hydrogens is 302 g/mol. The van der Waals surface area contributed by atoms with Crippen LogP contribution in [0.3, 0.4) is 0 Å². The zero-order chi connectivity index (χ0) is 9.84. The van der Waals surface area contributed by atoms with E-state index in [1.54, 1.807) is 6.07 Å². The van der Waals surface area contributed by atoms with Crippen molar-refractivity contribution >= 4 is 46.2 Å². The summed E-state index contributed by atoms with van der Waals surface area (Å²) in [4.78, 5) is 10.2. The number of hydrogen-bond donors (Lipinski definition) is 1. The number of aliphatic carboxylic acids is 1. The predicted octanol–water partition coefficient (Wildman–Crippen LogP) is 3.04. The Balaban J connectivity index is 2.92. The fourth-order valence-corrected chi connectivity index (χ4v) is 1.31. The van der Waals surface area contributed by atoms with Gasteiger partial charge in [0.25, 0.3) is 0 Å². The summed E-state index contributed by atoms with van der Waals surface area (Å²) in [6, 6.07) is 5.38. The van der Waals surface area contributed by atoms with Crippen molar-refractivity contribution < 1.29 is 9.90 Å². The average Bonchev–Trinajstić information content (AvgIpc) is 2.07. The van der Waals surface area contributed by atoms with Gasteiger partial charge in [0.05, 0.1) is 5.02 Å². The Bertz CT molecular complexity index is 361. The largest absolute Gasteiger partial charge is 0.478 e. The van der Waals surface area contributed by atoms with Gasteiger partial charge in [-0.15, -0.1) is 0 Å². The van der Waals surface area contributed by atoms with E-state index in [0.717, 1.165) is 15.2 Å². The first kappa shape index (κ1) is 10.5. The molecule has 0 amide bonds. The summed E-state index contributed by atoms with van der Waals surface area (Å²) in [7, 11) is 0. The van der Waals surface area contributed by atoms with Gasteiger partial charge in [-0.1, -0.05) is 17.7 Å². The van der Waals surface area contributed by atoms with Crippen molar-refractivity contribution in [3.05, 3.63) is 38.4 Å². The Labute approximate surface area is 94.4 Å². The fourth-order valence-electron chi connectivity index (χ4n) is 0.784. The highest BCUT2D eigenvalue weighted by molar-refractivity contribution is 14.1. The van der Waals surface area contributed by atoms with E-state index in [9.17, 15) is 4.79 Å². The van der Waals surface area contributed by atoms with Gasteiger partial charge in [-0.25, -0.2) is 4.79 Å². The van der Waals surface area contributed by atoms with Crippen LogP contribution in [0.25, 0.3) is 6.08 Å². The van der Waals surface area contributed by atoms with Crippen LogP contribution in [0.5, 0.6) is 0 Å². The topological polar surface area (TPSA) is 37.3 Å². The number of carboxylic acid groups (broad SMARTS) is 1. The molecule has 0 bridgehead atoms. The second-order valence-electron chi connectivity index (χ2n) is 2.35. The Morgan fingerprint density at radius 1 is 1.54 bits per heavy atom. The maximum absolute atomic E-state index is 10.2. The lowest BCUT2D eigenvalue weighted by Crippen LogP contribution is -1.85. The quantitative estimate of drug-likeness (QED) is 0.673. The van der Waals surface area contributed by atoms with E-state index < -0.39 is 5.97 Å². The molecular formula is C9H6ClIO2. The second kappa shape index (κ2) is 4.62. The van der Waals surface area contributed by atoms with E-state index in [4.69, 9.17) is 16.7 Å². The minimum Gasteiger partial charge on any atom is -0.478 e. The third-order valence-corrected chi connectivity index (χ3v) is 2.93. The van der Waals surface area contributed by atoms with Crippen LogP contribution in [-0.4, -0.2) is 11.1 Å². The summed E-state index contributed by atoms with van der Waals surface area (Å²) in [6.45, 7) is 0. The van der Waals surface area contributed by atoms with Crippen LogP contribution in [-0.2, 0) is 4.79 Å². The monoisotopic (exact) mass is 308 g/mol. The molecule has 0 atom stereocenters. The highest BCUT2D eigenvalue weighted by atomic mass is 127. The van der Waals surface area contributed by atoms with Crippen LogP contribution in [0.2, 0.25) is 5.02 Å². The number of rotatable bonds is 2. The molecule has 1 rings (SSSR count). The van der Waals surface area contributed by atoms with Crippen LogP contribution in [0.1, 0.15) is 5.56 Å². The SMILES string of the molecule is O=C(O)/C=C/c1ccc(I)c(Cl)c1. The van der Waals surface area contributed by atoms with Gasteiger partial charge in [0.15, 0.2) is 0 Å². The molecule has 2 nitrogen and oxygen atoms in total. The van der Waals surface area contributed by atoms with Crippen LogP contribution in [0.4, 0.5) is 0 Å². The number of benzene rings is 1. The van der Waals surface area contributed by atoms with Gasteiger partial charge in [0, 0.05) is 9.65 Å². The van der Waals surface area contributed by atoms with Gasteiger partial charge >= 0.3 is 5.97 Å². The lowest BCUT2D eigenvalue weighted by molar-refractivity contribution is -0.131. The molecule has 1 N–H and O–H groups in total. The zero-order valence-electron chi connectivity index (χ0n) is 6.50. The first-order valence-electron chi connectivity index (χ1n) is 3.45. The molecule has 0 aliphatic carbocycles. The smallest absolute Gasteiger partial charge is 0.328 e. The molecule has 13 heavy (non-hydrogen) atoms. The molecule has 0 fully saturated rings. The number of carbonyl (C=O) groups is 1. The Hall–Kier alpha value is -0.550. The first-order valence-corrected chi connectivity index (χ1v) is 4.91. The molecule has 4 heteroatoms. The van der Waals surface area contributed by atoms with Crippen molar-refractivity contribution in [3.8, 4) is 0 Å². The van der Waals surface area contributed by atoms with Gasteiger partial charge < -0.3 is 5.11 Å². The predicted molar refractivity (Wildman–Crippen MR) is 60.8 cm³/mol. The molecule has 0 aliphatic rings. The van der Waals surface area contributed by atoms with Gasteiger partial charge in [-0.05, 0) is 46.4 Å². The summed E-state index contributed by atoms with van der Waals surface area (Å²) >= 11 is 7.95. The number of halogens is 2. The van der Waals surface area contributed by atoms with E-state index >= 15 is 0 Å². The summed E-state index contributed by atoms with van der Waals surface area (Å²) in [5, 5.41) is 9.01. The standard InChI is InChI=1S/C9H6ClIO2/c10-7-5-6(1-3-8(7)11)2-4-9(12)13/h1-5H,(H,12,13)/b4-2+. The molecule has 0 aliphatic heterocycles. The molecule has 0 aromatic heterocycles. The third-order valence-electron chi connectivity index (χ3n) is 1.36. The molecule has 1 aromatic rings. The van der Waals surface area contributed by atoms with E-state index in [1.807, 2.05) is 12.1 Å². The fraction of sp³-hybridized carbons (Fsp3) is 0. The van der Waals surface area contributed by atoms with Crippen molar-refractivity contribution in [2.24, 2.45) is 0 Å². The van der Waals surface area contributed by atoms with E-state index in [1.165, 1.54) is 6.08 Å². The molecule has 68 valence electrons. The maximum Gasteiger partial charge on any atom is 0.328 e. The van der Waals surface area contributed by atoms with Gasteiger partial charge in [-0.3, -0.25) is 0 Å². The van der Waals surface area contributed by atoms with Gasteiger partial charge in [-0.2, -0.15) is 0 Å². The summed E-state index contributed by atoms with van der Waals surface area (Å²) in [5.74, 6) is -0.963. The van der Waals surface area contributed by atoms with E-state index in [-0.39, 0.29) is 0 Å². The first-order chi connectivity index (χ1) is 6.09. The number of carboxylic acids is 1. The maximum atomic E-state index is 10.2. The molecule has 0 heterocycles. The van der Waals surface area contributed by atoms with Crippen LogP contribution in [0, 0.1) is 3.57 Å². The van der Waals surface area contributed by atoms with E-state index in [2.05, 4.69) is 22.6 Å². The normalized spacial score (nSPS) is 10.6. The van der Waals surface area contributed by atoms with Gasteiger partial charge in [0.2, 0.25) is 0 Å². The van der Waals surface area contributed by atoms with Crippen molar-refractivity contribution in [1.29, 1.82) is 0 Å². The molecule has 0 spiro atoms. The minimum absolute atomic E-state index is 0.633. The molecule has 0 radical (unpaired) electrons. The molecule has 0 unspecified atom stereocenters. The van der Waals surface area contributed by atoms with Crippen molar-refractivity contribution in [2.75, 3.05) is 0 Å². The van der Waals surface area contributed by atoms with E-state index in [0.29, 0.717) is 5.02 Å². The highest BCUT2D eigenvalue weighted by Gasteiger charge is 1.96. The van der Waals surface area contributed by atoms with Crippen molar-refractivity contribution in [1.82, 2.24) is 0 Å². The zero-order valence-corrected chi connectivity index (χ0v) is 9.41. The van der Waals surface area contributed by atoms with Gasteiger partial charge in [0.1, 0.15) is 0 Å². The Morgan fingerprint density at radius 2 is 2.23 bits per heavy atom. The lowest BCUT2D eigenvalue weighted by atomic mass is 10.2. The van der Waals surface area contributed by atoms with Crippen LogP contribution in [0.15, 0.2) is 24.3 Å². The summed E-state index contributed by atoms with van der Waals surface area (Å²) < 4.78 is 0.951. The molecule has 0 saturated heterocycles. The molecule has 1 aromatic carbocycles. The third kappa shape index (κ3) is 3.36. The minimum atomic E-state index is -0.963. The highest BCUT2D eigenvalue weighted by Crippen LogP contribution is 2.20. The van der Waals surface area contributed by atoms with Crippen molar-refractivity contribution in [2.45, 2.75) is 0 Å². The Morgan fingerprint density at radius 3 is 2.77 bits per heavy atom. The molecule has 0 saturated carbocycles. The van der Waals surface area contributed by atoms with Crippen LogP contribution >= 0.6 is 34.2 Å². The van der Waals surface area contributed by atoms with Crippen LogP contribution < -0.4 is 0 Å². The number of hydrogen-bond acceptors (Lipinski definition) is 1.